The summed E-state index contributed by atoms with van der Waals surface area (Å²) in [5.41, 5.74) is 5.48. The summed E-state index contributed by atoms with van der Waals surface area (Å²) in [4.78, 5) is 11.4. The number of unbranched alkanes of at least 4 members (excludes halogenated alkanes) is 13. The molecule has 0 atom stereocenters. The highest BCUT2D eigenvalue weighted by Crippen LogP contribution is 2.13. The van der Waals surface area contributed by atoms with Gasteiger partial charge in [-0.25, -0.2) is 0 Å². The first-order valence-electron chi connectivity index (χ1n) is 10.2. The molecule has 0 aromatic rings. The van der Waals surface area contributed by atoms with E-state index in [4.69, 9.17) is 10.5 Å². The lowest BCUT2D eigenvalue weighted by atomic mass is 10.0. The highest BCUT2D eigenvalue weighted by Gasteiger charge is 2.01. The molecule has 0 saturated heterocycles. The third-order valence-electron chi connectivity index (χ3n) is 4.35. The van der Waals surface area contributed by atoms with Crippen LogP contribution in [0, 0.1) is 0 Å². The molecule has 0 aliphatic carbocycles. The Labute approximate surface area is 144 Å². The lowest BCUT2D eigenvalue weighted by molar-refractivity contribution is -0.143. The van der Waals surface area contributed by atoms with Gasteiger partial charge >= 0.3 is 5.97 Å². The third kappa shape index (κ3) is 19.4. The van der Waals surface area contributed by atoms with Crippen LogP contribution in [-0.2, 0) is 9.53 Å². The van der Waals surface area contributed by atoms with Crippen LogP contribution in [0.1, 0.15) is 110 Å². The van der Waals surface area contributed by atoms with E-state index >= 15 is 0 Å². The van der Waals surface area contributed by atoms with E-state index in [1.807, 2.05) is 0 Å². The van der Waals surface area contributed by atoms with E-state index in [0.29, 0.717) is 13.0 Å². The Morgan fingerprint density at radius 3 is 1.57 bits per heavy atom. The number of hydrogen-bond acceptors (Lipinski definition) is 3. The van der Waals surface area contributed by atoms with Gasteiger partial charge < -0.3 is 10.5 Å². The van der Waals surface area contributed by atoms with Crippen molar-refractivity contribution in [3.8, 4) is 0 Å². The summed E-state index contributed by atoms with van der Waals surface area (Å²) in [6, 6.07) is 0. The first-order chi connectivity index (χ1) is 11.3. The van der Waals surface area contributed by atoms with Crippen molar-refractivity contribution in [3.63, 3.8) is 0 Å². The largest absolute Gasteiger partial charge is 0.466 e. The Morgan fingerprint density at radius 2 is 1.13 bits per heavy atom. The van der Waals surface area contributed by atoms with Crippen molar-refractivity contribution < 1.29 is 9.53 Å². The molecule has 0 rings (SSSR count). The van der Waals surface area contributed by atoms with Crippen molar-refractivity contribution in [2.45, 2.75) is 110 Å². The second-order valence-electron chi connectivity index (χ2n) is 6.71. The zero-order valence-electron chi connectivity index (χ0n) is 15.6. The van der Waals surface area contributed by atoms with Crippen molar-refractivity contribution in [1.82, 2.24) is 0 Å². The van der Waals surface area contributed by atoms with Crippen molar-refractivity contribution in [2.24, 2.45) is 5.73 Å². The van der Waals surface area contributed by atoms with Crippen LogP contribution in [0.5, 0.6) is 0 Å². The Bertz CT molecular complexity index is 244. The third-order valence-corrected chi connectivity index (χ3v) is 4.35. The van der Waals surface area contributed by atoms with Crippen LogP contribution in [0.25, 0.3) is 0 Å². The van der Waals surface area contributed by atoms with Crippen LogP contribution >= 0.6 is 0 Å². The molecule has 138 valence electrons. The maximum Gasteiger partial charge on any atom is 0.305 e. The SMILES string of the molecule is CCCCOC(=O)CCCCCCCCCCCCCCCN. The molecule has 23 heavy (non-hydrogen) atoms. The second kappa shape index (κ2) is 19.5. The summed E-state index contributed by atoms with van der Waals surface area (Å²) in [6.45, 7) is 3.56. The van der Waals surface area contributed by atoms with Gasteiger partial charge in [0, 0.05) is 6.42 Å². The molecule has 0 unspecified atom stereocenters. The number of hydrogen-bond donors (Lipinski definition) is 1. The quantitative estimate of drug-likeness (QED) is 0.257. The molecule has 0 saturated carbocycles. The average molecular weight is 328 g/mol. The molecule has 0 amide bonds. The molecular formula is C20H41NO2. The summed E-state index contributed by atoms with van der Waals surface area (Å²) in [6.07, 6.45) is 19.6. The van der Waals surface area contributed by atoms with Crippen molar-refractivity contribution in [3.05, 3.63) is 0 Å². The predicted molar refractivity (Wildman–Crippen MR) is 99.6 cm³/mol. The minimum absolute atomic E-state index is 0.00934. The average Bonchev–Trinajstić information content (AvgIpc) is 2.55. The molecule has 0 aromatic heterocycles. The lowest BCUT2D eigenvalue weighted by Crippen LogP contribution is -2.05. The summed E-state index contributed by atoms with van der Waals surface area (Å²) in [5, 5.41) is 0. The van der Waals surface area contributed by atoms with E-state index in [1.165, 1.54) is 77.0 Å². The van der Waals surface area contributed by atoms with Gasteiger partial charge in [0.15, 0.2) is 0 Å². The highest BCUT2D eigenvalue weighted by atomic mass is 16.5. The molecule has 0 bridgehead atoms. The number of nitrogens with two attached hydrogens (primary N) is 1. The molecule has 0 radical (unpaired) electrons. The van der Waals surface area contributed by atoms with E-state index in [-0.39, 0.29) is 5.97 Å². The predicted octanol–water partition coefficient (Wildman–Crippen LogP) is 5.75. The monoisotopic (exact) mass is 327 g/mol. The Kier molecular flexibility index (Phi) is 19.0. The first kappa shape index (κ1) is 22.4. The van der Waals surface area contributed by atoms with E-state index in [2.05, 4.69) is 6.92 Å². The Hall–Kier alpha value is -0.570. The van der Waals surface area contributed by atoms with Crippen LogP contribution in [0.2, 0.25) is 0 Å². The van der Waals surface area contributed by atoms with E-state index in [0.717, 1.165) is 25.8 Å². The summed E-state index contributed by atoms with van der Waals surface area (Å²) in [5.74, 6) is -0.00934. The molecule has 0 heterocycles. The molecular weight excluding hydrogens is 286 g/mol. The number of esters is 1. The van der Waals surface area contributed by atoms with Gasteiger partial charge in [0.2, 0.25) is 0 Å². The van der Waals surface area contributed by atoms with E-state index < -0.39 is 0 Å². The van der Waals surface area contributed by atoms with Crippen LogP contribution in [-0.4, -0.2) is 19.1 Å². The van der Waals surface area contributed by atoms with Gasteiger partial charge in [0.05, 0.1) is 6.61 Å². The number of carbonyl (C=O) groups excluding carboxylic acids is 1. The van der Waals surface area contributed by atoms with Gasteiger partial charge in [0.25, 0.3) is 0 Å². The molecule has 3 heteroatoms. The zero-order chi connectivity index (χ0) is 17.0. The number of carbonyl (C=O) groups is 1. The summed E-state index contributed by atoms with van der Waals surface area (Å²) >= 11 is 0. The van der Waals surface area contributed by atoms with Gasteiger partial charge in [-0.15, -0.1) is 0 Å². The minimum Gasteiger partial charge on any atom is -0.466 e. The Balaban J connectivity index is 3.06. The van der Waals surface area contributed by atoms with E-state index in [9.17, 15) is 4.79 Å². The standard InChI is InChI=1S/C20H41NO2/c1-2-3-19-23-20(22)17-15-13-11-9-7-5-4-6-8-10-12-14-16-18-21/h2-19,21H2,1H3. The topological polar surface area (TPSA) is 52.3 Å². The van der Waals surface area contributed by atoms with Crippen LogP contribution < -0.4 is 5.73 Å². The molecule has 0 aromatic carbocycles. The molecule has 0 aliphatic rings. The summed E-state index contributed by atoms with van der Waals surface area (Å²) in [7, 11) is 0. The maximum atomic E-state index is 11.4. The number of rotatable bonds is 18. The van der Waals surface area contributed by atoms with Crippen molar-refractivity contribution in [1.29, 1.82) is 0 Å². The fourth-order valence-corrected chi connectivity index (χ4v) is 2.76. The second-order valence-corrected chi connectivity index (χ2v) is 6.71. The molecule has 0 spiro atoms. The van der Waals surface area contributed by atoms with Gasteiger partial charge in [-0.05, 0) is 25.8 Å². The van der Waals surface area contributed by atoms with Crippen LogP contribution in [0.4, 0.5) is 0 Å². The Morgan fingerprint density at radius 1 is 0.696 bits per heavy atom. The lowest BCUT2D eigenvalue weighted by Gasteiger charge is -2.04. The fourth-order valence-electron chi connectivity index (χ4n) is 2.76. The zero-order valence-corrected chi connectivity index (χ0v) is 15.6. The molecule has 3 nitrogen and oxygen atoms in total. The summed E-state index contributed by atoms with van der Waals surface area (Å²) < 4.78 is 5.15. The fraction of sp³-hybridized carbons (Fsp3) is 0.950. The molecule has 2 N–H and O–H groups in total. The van der Waals surface area contributed by atoms with E-state index in [1.54, 1.807) is 0 Å². The maximum absolute atomic E-state index is 11.4. The smallest absolute Gasteiger partial charge is 0.305 e. The van der Waals surface area contributed by atoms with Gasteiger partial charge in [0.1, 0.15) is 0 Å². The highest BCUT2D eigenvalue weighted by molar-refractivity contribution is 5.69. The normalized spacial score (nSPS) is 10.9. The van der Waals surface area contributed by atoms with Gasteiger partial charge in [-0.1, -0.05) is 84.0 Å². The first-order valence-corrected chi connectivity index (χ1v) is 10.2. The number of ether oxygens (including phenoxy) is 1. The molecule has 0 aliphatic heterocycles. The van der Waals surface area contributed by atoms with Crippen LogP contribution in [0.15, 0.2) is 0 Å². The van der Waals surface area contributed by atoms with Crippen LogP contribution in [0.3, 0.4) is 0 Å². The minimum atomic E-state index is -0.00934. The molecule has 0 fully saturated rings. The van der Waals surface area contributed by atoms with Crippen molar-refractivity contribution in [2.75, 3.05) is 13.2 Å². The van der Waals surface area contributed by atoms with Gasteiger partial charge in [-0.3, -0.25) is 4.79 Å². The van der Waals surface area contributed by atoms with Gasteiger partial charge in [-0.2, -0.15) is 0 Å². The van der Waals surface area contributed by atoms with Crippen molar-refractivity contribution >= 4 is 5.97 Å².